The molecule has 0 aliphatic rings. The molecule has 1 amide bonds. The molecule has 10 nitrogen and oxygen atoms in total. The van der Waals surface area contributed by atoms with Crippen LogP contribution in [0.2, 0.25) is 0 Å². The number of benzene rings is 1. The number of aryl methyl sites for hydroxylation is 2. The van der Waals surface area contributed by atoms with Crippen molar-refractivity contribution in [1.29, 1.82) is 0 Å². The third kappa shape index (κ3) is 5.01. The number of hydrogen-bond acceptors (Lipinski definition) is 7. The summed E-state index contributed by atoms with van der Waals surface area (Å²) in [5, 5.41) is 11.6. The maximum atomic E-state index is 11.9. The number of nitrogens with one attached hydrogen (secondary N) is 3. The Balaban J connectivity index is 1.69. The van der Waals surface area contributed by atoms with Crippen molar-refractivity contribution in [2.75, 3.05) is 49.8 Å². The molecular weight excluding hydrogens is 430 g/mol. The zero-order chi connectivity index (χ0) is 24.4. The van der Waals surface area contributed by atoms with Crippen LogP contribution in [0, 0.1) is 6.92 Å². The molecule has 1 aromatic carbocycles. The SMILES string of the molecule is CC(=O)Nc1cc(Nc2nc(-c3cn(C)nc3C)c3cc[nH]c3n2)ccc1N(C)CCN(C)C. The van der Waals surface area contributed by atoms with E-state index < -0.39 is 0 Å². The first kappa shape index (κ1) is 23.2. The minimum Gasteiger partial charge on any atom is -0.372 e. The Kier molecular flexibility index (Phi) is 6.51. The summed E-state index contributed by atoms with van der Waals surface area (Å²) in [7, 11) is 7.99. The van der Waals surface area contributed by atoms with Gasteiger partial charge in [0.2, 0.25) is 11.9 Å². The van der Waals surface area contributed by atoms with E-state index in [0.29, 0.717) is 5.95 Å². The fraction of sp³-hybridized carbons (Fsp3) is 0.333. The summed E-state index contributed by atoms with van der Waals surface area (Å²) >= 11 is 0. The van der Waals surface area contributed by atoms with Gasteiger partial charge in [-0.2, -0.15) is 10.1 Å². The number of anilines is 4. The number of fused-ring (bicyclic) bond motifs is 1. The molecule has 34 heavy (non-hydrogen) atoms. The van der Waals surface area contributed by atoms with Crippen molar-refractivity contribution in [1.82, 2.24) is 29.6 Å². The average Bonchev–Trinajstić information content (AvgIpc) is 3.36. The number of likely N-dealkylation sites (N-methyl/N-ethyl adjacent to an activating group) is 2. The molecule has 0 aliphatic heterocycles. The van der Waals surface area contributed by atoms with Gasteiger partial charge >= 0.3 is 0 Å². The number of amides is 1. The van der Waals surface area contributed by atoms with E-state index in [4.69, 9.17) is 4.98 Å². The van der Waals surface area contributed by atoms with Crippen LogP contribution >= 0.6 is 0 Å². The summed E-state index contributed by atoms with van der Waals surface area (Å²) in [5.74, 6) is 0.327. The van der Waals surface area contributed by atoms with Gasteiger partial charge in [0.1, 0.15) is 5.65 Å². The monoisotopic (exact) mass is 461 g/mol. The molecule has 4 rings (SSSR count). The Hall–Kier alpha value is -3.92. The minimum absolute atomic E-state index is 0.127. The van der Waals surface area contributed by atoms with Crippen LogP contribution in [0.15, 0.2) is 36.7 Å². The Morgan fingerprint density at radius 2 is 1.94 bits per heavy atom. The molecule has 0 saturated heterocycles. The number of aromatic nitrogens is 5. The molecule has 0 aliphatic carbocycles. The van der Waals surface area contributed by atoms with E-state index in [1.165, 1.54) is 6.92 Å². The van der Waals surface area contributed by atoms with E-state index in [1.807, 2.05) is 71.8 Å². The summed E-state index contributed by atoms with van der Waals surface area (Å²) in [6.07, 6.45) is 3.81. The molecule has 0 atom stereocenters. The quantitative estimate of drug-likeness (QED) is 0.369. The molecule has 0 radical (unpaired) electrons. The molecule has 10 heteroatoms. The van der Waals surface area contributed by atoms with Gasteiger partial charge in [0.25, 0.3) is 0 Å². The molecule has 3 aromatic heterocycles. The van der Waals surface area contributed by atoms with Crippen LogP contribution in [0.4, 0.5) is 23.0 Å². The second-order valence-corrected chi connectivity index (χ2v) is 8.70. The van der Waals surface area contributed by atoms with Crippen molar-refractivity contribution in [2.24, 2.45) is 7.05 Å². The molecule has 0 fully saturated rings. The molecule has 0 bridgehead atoms. The van der Waals surface area contributed by atoms with Gasteiger partial charge in [0, 0.05) is 63.1 Å². The molecule has 4 aromatic rings. The van der Waals surface area contributed by atoms with Crippen LogP contribution < -0.4 is 15.5 Å². The van der Waals surface area contributed by atoms with E-state index in [2.05, 4.69) is 35.5 Å². The number of rotatable bonds is 8. The van der Waals surface area contributed by atoms with E-state index in [9.17, 15) is 4.79 Å². The lowest BCUT2D eigenvalue weighted by Gasteiger charge is -2.24. The van der Waals surface area contributed by atoms with Gasteiger partial charge in [-0.15, -0.1) is 0 Å². The maximum absolute atomic E-state index is 11.9. The lowest BCUT2D eigenvalue weighted by Crippen LogP contribution is -2.29. The molecule has 0 saturated carbocycles. The highest BCUT2D eigenvalue weighted by atomic mass is 16.1. The van der Waals surface area contributed by atoms with Crippen molar-refractivity contribution >= 4 is 40.0 Å². The summed E-state index contributed by atoms with van der Waals surface area (Å²) in [6.45, 7) is 5.20. The number of hydrogen-bond donors (Lipinski definition) is 3. The lowest BCUT2D eigenvalue weighted by atomic mass is 10.1. The van der Waals surface area contributed by atoms with Crippen molar-refractivity contribution in [3.05, 3.63) is 42.4 Å². The van der Waals surface area contributed by atoms with Crippen LogP contribution in [0.3, 0.4) is 0 Å². The maximum Gasteiger partial charge on any atom is 0.229 e. The van der Waals surface area contributed by atoms with Crippen molar-refractivity contribution in [2.45, 2.75) is 13.8 Å². The van der Waals surface area contributed by atoms with Crippen LogP contribution in [-0.2, 0) is 11.8 Å². The Labute approximate surface area is 199 Å². The minimum atomic E-state index is -0.127. The van der Waals surface area contributed by atoms with Crippen molar-refractivity contribution < 1.29 is 4.79 Å². The van der Waals surface area contributed by atoms with E-state index >= 15 is 0 Å². The van der Waals surface area contributed by atoms with E-state index in [0.717, 1.165) is 58.1 Å². The predicted octanol–water partition coefficient (Wildman–Crippen LogP) is 3.37. The second kappa shape index (κ2) is 9.52. The van der Waals surface area contributed by atoms with Crippen molar-refractivity contribution in [3.8, 4) is 11.3 Å². The van der Waals surface area contributed by atoms with Gasteiger partial charge in [0.15, 0.2) is 0 Å². The molecule has 178 valence electrons. The fourth-order valence-electron chi connectivity index (χ4n) is 3.87. The van der Waals surface area contributed by atoms with E-state index in [-0.39, 0.29) is 5.91 Å². The third-order valence-corrected chi connectivity index (χ3v) is 5.54. The number of aromatic amines is 1. The summed E-state index contributed by atoms with van der Waals surface area (Å²) < 4.78 is 1.78. The highest BCUT2D eigenvalue weighted by Gasteiger charge is 2.16. The molecule has 0 unspecified atom stereocenters. The topological polar surface area (TPSA) is 107 Å². The van der Waals surface area contributed by atoms with Gasteiger partial charge in [0.05, 0.1) is 22.8 Å². The first-order chi connectivity index (χ1) is 16.2. The Morgan fingerprint density at radius 3 is 2.62 bits per heavy atom. The van der Waals surface area contributed by atoms with Crippen molar-refractivity contribution in [3.63, 3.8) is 0 Å². The zero-order valence-electron chi connectivity index (χ0n) is 20.5. The largest absolute Gasteiger partial charge is 0.372 e. The van der Waals surface area contributed by atoms with Gasteiger partial charge < -0.3 is 25.4 Å². The average molecular weight is 462 g/mol. The molecule has 3 N–H and O–H groups in total. The second-order valence-electron chi connectivity index (χ2n) is 8.70. The number of nitrogens with zero attached hydrogens (tertiary/aromatic N) is 6. The van der Waals surface area contributed by atoms with Gasteiger partial charge in [-0.25, -0.2) is 4.98 Å². The molecular formula is C24H31N9O. The zero-order valence-corrected chi connectivity index (χ0v) is 20.5. The molecule has 0 spiro atoms. The highest BCUT2D eigenvalue weighted by Crippen LogP contribution is 2.32. The number of carbonyl (C=O) groups is 1. The number of H-pyrrole nitrogens is 1. The fourth-order valence-corrected chi connectivity index (χ4v) is 3.87. The first-order valence-electron chi connectivity index (χ1n) is 11.1. The van der Waals surface area contributed by atoms with Gasteiger partial charge in [-0.1, -0.05) is 0 Å². The summed E-state index contributed by atoms with van der Waals surface area (Å²) in [6, 6.07) is 7.82. The Morgan fingerprint density at radius 1 is 1.15 bits per heavy atom. The van der Waals surface area contributed by atoms with Crippen LogP contribution in [0.5, 0.6) is 0 Å². The summed E-state index contributed by atoms with van der Waals surface area (Å²) in [5.41, 5.74) is 5.83. The van der Waals surface area contributed by atoms with E-state index in [1.54, 1.807) is 4.68 Å². The predicted molar refractivity (Wildman–Crippen MR) is 137 cm³/mol. The lowest BCUT2D eigenvalue weighted by molar-refractivity contribution is -0.114. The van der Waals surface area contributed by atoms with Crippen LogP contribution in [-0.4, -0.2) is 69.8 Å². The highest BCUT2D eigenvalue weighted by molar-refractivity contribution is 5.94. The normalized spacial score (nSPS) is 11.3. The molecule has 3 heterocycles. The van der Waals surface area contributed by atoms with Crippen LogP contribution in [0.1, 0.15) is 12.6 Å². The smallest absolute Gasteiger partial charge is 0.229 e. The third-order valence-electron chi connectivity index (χ3n) is 5.54. The Bertz CT molecular complexity index is 1320. The first-order valence-corrected chi connectivity index (χ1v) is 11.1. The van der Waals surface area contributed by atoms with Gasteiger partial charge in [-0.05, 0) is 45.3 Å². The van der Waals surface area contributed by atoms with Crippen LogP contribution in [0.25, 0.3) is 22.3 Å². The standard InChI is InChI=1S/C24H31N9O/c1-15-19(14-33(6)30-15)22-18-9-10-25-23(18)29-24(28-22)27-17-7-8-21(20(13-17)26-16(2)34)32(5)12-11-31(3)4/h7-10,13-14H,11-12H2,1-6H3,(H,26,34)(H2,25,27,28,29). The number of carbonyl (C=O) groups excluding carboxylic acids is 1. The summed E-state index contributed by atoms with van der Waals surface area (Å²) in [4.78, 5) is 28.8. The van der Waals surface area contributed by atoms with Gasteiger partial charge in [-0.3, -0.25) is 9.48 Å².